The molecule has 0 saturated heterocycles. The number of rotatable bonds is 7. The smallest absolute Gasteiger partial charge is 0.326 e. The van der Waals surface area contributed by atoms with E-state index in [0.29, 0.717) is 13.0 Å². The maximum Gasteiger partial charge on any atom is 0.326 e. The van der Waals surface area contributed by atoms with Crippen LogP contribution in [-0.2, 0) is 14.4 Å². The zero-order valence-corrected chi connectivity index (χ0v) is 10.7. The highest BCUT2D eigenvalue weighted by molar-refractivity contribution is 5.85. The SMILES string of the molecule is NCC1CCCC1C(=O)N[C@@H](CCC(=O)O)C(=O)O. The van der Waals surface area contributed by atoms with Crippen LogP contribution in [0.4, 0.5) is 0 Å². The summed E-state index contributed by atoms with van der Waals surface area (Å²) in [4.78, 5) is 33.4. The van der Waals surface area contributed by atoms with Gasteiger partial charge < -0.3 is 21.3 Å². The number of hydrogen-bond acceptors (Lipinski definition) is 4. The van der Waals surface area contributed by atoms with Crippen molar-refractivity contribution < 1.29 is 24.6 Å². The normalized spacial score (nSPS) is 23.8. The lowest BCUT2D eigenvalue weighted by atomic mass is 9.95. The van der Waals surface area contributed by atoms with Crippen LogP contribution in [0.15, 0.2) is 0 Å². The molecule has 0 radical (unpaired) electrons. The summed E-state index contributed by atoms with van der Waals surface area (Å²) in [6, 6.07) is -1.15. The lowest BCUT2D eigenvalue weighted by Gasteiger charge is -2.20. The predicted molar refractivity (Wildman–Crippen MR) is 66.3 cm³/mol. The van der Waals surface area contributed by atoms with E-state index in [-0.39, 0.29) is 30.6 Å². The highest BCUT2D eigenvalue weighted by Crippen LogP contribution is 2.31. The van der Waals surface area contributed by atoms with Crippen molar-refractivity contribution in [1.29, 1.82) is 0 Å². The van der Waals surface area contributed by atoms with E-state index in [4.69, 9.17) is 15.9 Å². The molecule has 1 fully saturated rings. The van der Waals surface area contributed by atoms with E-state index in [1.54, 1.807) is 0 Å². The first-order valence-electron chi connectivity index (χ1n) is 6.40. The molecule has 1 aliphatic carbocycles. The first-order valence-corrected chi connectivity index (χ1v) is 6.40. The average Bonchev–Trinajstić information content (AvgIpc) is 2.81. The van der Waals surface area contributed by atoms with E-state index in [1.165, 1.54) is 0 Å². The second kappa shape index (κ2) is 7.08. The summed E-state index contributed by atoms with van der Waals surface area (Å²) >= 11 is 0. The summed E-state index contributed by atoms with van der Waals surface area (Å²) < 4.78 is 0. The molecular weight excluding hydrogens is 252 g/mol. The standard InChI is InChI=1S/C12H20N2O5/c13-6-7-2-1-3-8(7)11(17)14-9(12(18)19)4-5-10(15)16/h7-9H,1-6,13H2,(H,14,17)(H,15,16)(H,18,19)/t7?,8?,9-/m0/s1. The van der Waals surface area contributed by atoms with E-state index in [9.17, 15) is 14.4 Å². The zero-order chi connectivity index (χ0) is 14.4. The minimum atomic E-state index is -1.21. The Morgan fingerprint density at radius 2 is 1.95 bits per heavy atom. The summed E-state index contributed by atoms with van der Waals surface area (Å²) in [5.41, 5.74) is 5.58. The molecule has 0 aromatic heterocycles. The van der Waals surface area contributed by atoms with Crippen LogP contribution >= 0.6 is 0 Å². The predicted octanol–water partition coefficient (Wildman–Crippen LogP) is -0.204. The zero-order valence-electron chi connectivity index (χ0n) is 10.7. The van der Waals surface area contributed by atoms with Gasteiger partial charge in [-0.3, -0.25) is 9.59 Å². The Balaban J connectivity index is 2.55. The van der Waals surface area contributed by atoms with E-state index >= 15 is 0 Å². The summed E-state index contributed by atoms with van der Waals surface area (Å²) in [6.07, 6.45) is 2.09. The Kier molecular flexibility index (Phi) is 5.75. The number of carbonyl (C=O) groups is 3. The van der Waals surface area contributed by atoms with Crippen LogP contribution in [0.3, 0.4) is 0 Å². The number of nitrogens with one attached hydrogen (secondary N) is 1. The van der Waals surface area contributed by atoms with E-state index in [1.807, 2.05) is 0 Å². The molecule has 0 bridgehead atoms. The summed E-state index contributed by atoms with van der Waals surface area (Å²) in [5, 5.41) is 19.9. The van der Waals surface area contributed by atoms with Gasteiger partial charge in [0.25, 0.3) is 0 Å². The molecule has 3 atom stereocenters. The minimum absolute atomic E-state index is 0.0916. The third-order valence-electron chi connectivity index (χ3n) is 3.56. The molecule has 1 amide bonds. The summed E-state index contributed by atoms with van der Waals surface area (Å²) in [5.74, 6) is -2.78. The highest BCUT2D eigenvalue weighted by atomic mass is 16.4. The van der Waals surface area contributed by atoms with Crippen molar-refractivity contribution in [2.45, 2.75) is 38.1 Å². The van der Waals surface area contributed by atoms with Gasteiger partial charge in [0.1, 0.15) is 6.04 Å². The van der Waals surface area contributed by atoms with E-state index in [2.05, 4.69) is 5.32 Å². The summed E-state index contributed by atoms with van der Waals surface area (Å²) in [7, 11) is 0. The molecule has 7 nitrogen and oxygen atoms in total. The summed E-state index contributed by atoms with van der Waals surface area (Å²) in [6.45, 7) is 0.408. The maximum atomic E-state index is 12.0. The number of hydrogen-bond donors (Lipinski definition) is 4. The number of aliphatic carboxylic acids is 2. The Morgan fingerprint density at radius 1 is 1.26 bits per heavy atom. The lowest BCUT2D eigenvalue weighted by molar-refractivity contribution is -0.143. The van der Waals surface area contributed by atoms with Crippen LogP contribution in [0.2, 0.25) is 0 Å². The number of carbonyl (C=O) groups excluding carboxylic acids is 1. The molecule has 0 spiro atoms. The van der Waals surface area contributed by atoms with Crippen molar-refractivity contribution in [3.05, 3.63) is 0 Å². The van der Waals surface area contributed by atoms with Crippen LogP contribution in [0.5, 0.6) is 0 Å². The van der Waals surface area contributed by atoms with Crippen LogP contribution in [-0.4, -0.2) is 40.6 Å². The molecule has 5 N–H and O–H groups in total. The van der Waals surface area contributed by atoms with Crippen molar-refractivity contribution >= 4 is 17.8 Å². The Bertz CT molecular complexity index is 358. The topological polar surface area (TPSA) is 130 Å². The van der Waals surface area contributed by atoms with Crippen molar-refractivity contribution in [2.24, 2.45) is 17.6 Å². The molecule has 0 aromatic rings. The molecule has 0 aliphatic heterocycles. The molecule has 108 valence electrons. The number of nitrogens with two attached hydrogens (primary N) is 1. The largest absolute Gasteiger partial charge is 0.481 e. The van der Waals surface area contributed by atoms with Gasteiger partial charge in [0, 0.05) is 12.3 Å². The molecular formula is C12H20N2O5. The van der Waals surface area contributed by atoms with Crippen LogP contribution in [0.1, 0.15) is 32.1 Å². The van der Waals surface area contributed by atoms with Gasteiger partial charge in [0.05, 0.1) is 0 Å². The van der Waals surface area contributed by atoms with Crippen LogP contribution < -0.4 is 11.1 Å². The van der Waals surface area contributed by atoms with Crippen molar-refractivity contribution in [3.63, 3.8) is 0 Å². The van der Waals surface area contributed by atoms with Crippen molar-refractivity contribution in [1.82, 2.24) is 5.32 Å². The Labute approximate surface area is 111 Å². The van der Waals surface area contributed by atoms with Crippen LogP contribution in [0, 0.1) is 11.8 Å². The maximum absolute atomic E-state index is 12.0. The quantitative estimate of drug-likeness (QED) is 0.507. The molecule has 19 heavy (non-hydrogen) atoms. The van der Waals surface area contributed by atoms with Crippen LogP contribution in [0.25, 0.3) is 0 Å². The third-order valence-corrected chi connectivity index (χ3v) is 3.56. The van der Waals surface area contributed by atoms with Gasteiger partial charge in [-0.05, 0) is 31.7 Å². The second-order valence-corrected chi connectivity index (χ2v) is 4.87. The van der Waals surface area contributed by atoms with Gasteiger partial charge in [-0.25, -0.2) is 4.79 Å². The molecule has 1 saturated carbocycles. The molecule has 1 rings (SSSR count). The average molecular weight is 272 g/mol. The molecule has 0 aromatic carbocycles. The van der Waals surface area contributed by atoms with Gasteiger partial charge in [-0.1, -0.05) is 6.42 Å². The number of carboxylic acid groups (broad SMARTS) is 2. The van der Waals surface area contributed by atoms with Gasteiger partial charge in [-0.2, -0.15) is 0 Å². The van der Waals surface area contributed by atoms with Gasteiger partial charge in [-0.15, -0.1) is 0 Å². The molecule has 7 heteroatoms. The highest BCUT2D eigenvalue weighted by Gasteiger charge is 2.33. The minimum Gasteiger partial charge on any atom is -0.481 e. The Hall–Kier alpha value is -1.63. The first-order chi connectivity index (χ1) is 8.95. The van der Waals surface area contributed by atoms with E-state index < -0.39 is 18.0 Å². The number of carboxylic acids is 2. The first kappa shape index (κ1) is 15.4. The molecule has 2 unspecified atom stereocenters. The molecule has 1 aliphatic rings. The van der Waals surface area contributed by atoms with Crippen molar-refractivity contribution in [3.8, 4) is 0 Å². The second-order valence-electron chi connectivity index (χ2n) is 4.87. The van der Waals surface area contributed by atoms with Gasteiger partial charge >= 0.3 is 11.9 Å². The number of amides is 1. The lowest BCUT2D eigenvalue weighted by Crippen LogP contribution is -2.45. The monoisotopic (exact) mass is 272 g/mol. The fourth-order valence-corrected chi connectivity index (χ4v) is 2.47. The molecule has 0 heterocycles. The fraction of sp³-hybridized carbons (Fsp3) is 0.750. The Morgan fingerprint density at radius 3 is 2.47 bits per heavy atom. The van der Waals surface area contributed by atoms with Gasteiger partial charge in [0.15, 0.2) is 0 Å². The van der Waals surface area contributed by atoms with E-state index in [0.717, 1.165) is 12.8 Å². The third kappa shape index (κ3) is 4.51. The fourth-order valence-electron chi connectivity index (χ4n) is 2.47. The van der Waals surface area contributed by atoms with Gasteiger partial charge in [0.2, 0.25) is 5.91 Å². The van der Waals surface area contributed by atoms with Crippen molar-refractivity contribution in [2.75, 3.05) is 6.54 Å².